The largest absolute Gasteiger partial charge is 0.459 e. The van der Waals surface area contributed by atoms with Crippen molar-refractivity contribution in [3.63, 3.8) is 0 Å². The van der Waals surface area contributed by atoms with Crippen molar-refractivity contribution >= 4 is 34.8 Å². The molecule has 2 heterocycles. The average molecular weight is 582 g/mol. The van der Waals surface area contributed by atoms with Gasteiger partial charge in [0.2, 0.25) is 5.95 Å². The van der Waals surface area contributed by atoms with Gasteiger partial charge in [0.05, 0.1) is 5.52 Å². The van der Waals surface area contributed by atoms with E-state index >= 15 is 0 Å². The fraction of sp³-hybridized carbons (Fsp3) is 0.303. The van der Waals surface area contributed by atoms with Crippen LogP contribution in [0.25, 0.3) is 22.0 Å². The minimum Gasteiger partial charge on any atom is -0.459 e. The van der Waals surface area contributed by atoms with Crippen molar-refractivity contribution in [2.24, 2.45) is 0 Å². The Hall–Kier alpha value is -4.99. The van der Waals surface area contributed by atoms with Crippen molar-refractivity contribution in [3.8, 4) is 11.1 Å². The number of aromatic nitrogens is 2. The highest BCUT2D eigenvalue weighted by molar-refractivity contribution is 6.06. The molecule has 1 aliphatic heterocycles. The minimum atomic E-state index is -0.669. The van der Waals surface area contributed by atoms with Crippen LogP contribution in [-0.4, -0.2) is 64.0 Å². The van der Waals surface area contributed by atoms with Crippen LogP contribution in [0.5, 0.6) is 0 Å². The second kappa shape index (κ2) is 12.1. The van der Waals surface area contributed by atoms with Crippen molar-refractivity contribution in [2.45, 2.75) is 46.1 Å². The summed E-state index contributed by atoms with van der Waals surface area (Å²) in [6.45, 7) is 6.08. The number of hydrogen-bond donors (Lipinski definition) is 1. The topological polar surface area (TPSA) is 114 Å². The molecule has 43 heavy (non-hydrogen) atoms. The maximum atomic E-state index is 13.8. The Labute approximate surface area is 250 Å². The zero-order valence-corrected chi connectivity index (χ0v) is 25.0. The number of benzene rings is 3. The lowest BCUT2D eigenvalue weighted by Crippen LogP contribution is -2.37. The lowest BCUT2D eigenvalue weighted by molar-refractivity contribution is -0.145. The molecule has 4 aromatic rings. The second-order valence-electron chi connectivity index (χ2n) is 11.5. The number of hydrogen-bond acceptors (Lipinski definition) is 8. The first-order valence-electron chi connectivity index (χ1n) is 14.1. The monoisotopic (exact) mass is 581 g/mol. The molecular formula is C33H35N5O5. The van der Waals surface area contributed by atoms with E-state index in [0.29, 0.717) is 35.6 Å². The molecule has 2 amide bonds. The van der Waals surface area contributed by atoms with E-state index in [4.69, 9.17) is 9.47 Å². The van der Waals surface area contributed by atoms with Crippen LogP contribution in [-0.2, 0) is 34.0 Å². The van der Waals surface area contributed by atoms with Crippen LogP contribution in [0.4, 0.5) is 10.7 Å². The standard InChI is InChI=1S/C33H35N5O5/c1-33(2,3)43-32(41)37(5)19-28(39)42-20-24-12-8-9-13-25(24)21-14-15-27-26(16-21)29(36-31(34-4)35-27)30(40)38-17-22-10-6-7-11-23(22)18-38/h6-16H,17-20H2,1-5H3,(H,34,35,36). The van der Waals surface area contributed by atoms with E-state index in [9.17, 15) is 14.4 Å². The molecule has 0 unspecified atom stereocenters. The van der Waals surface area contributed by atoms with E-state index in [-0.39, 0.29) is 19.1 Å². The summed E-state index contributed by atoms with van der Waals surface area (Å²) < 4.78 is 10.8. The minimum absolute atomic E-state index is 0.00220. The molecule has 0 spiro atoms. The summed E-state index contributed by atoms with van der Waals surface area (Å²) in [5, 5.41) is 3.59. The lowest BCUT2D eigenvalue weighted by Gasteiger charge is -2.24. The molecule has 10 heteroatoms. The van der Waals surface area contributed by atoms with E-state index < -0.39 is 17.7 Å². The molecule has 222 valence electrons. The molecule has 0 radical (unpaired) electrons. The smallest absolute Gasteiger partial charge is 0.410 e. The number of amides is 2. The molecule has 3 aromatic carbocycles. The van der Waals surface area contributed by atoms with Gasteiger partial charge in [-0.2, -0.15) is 0 Å². The third kappa shape index (κ3) is 6.74. The van der Waals surface area contributed by atoms with Gasteiger partial charge >= 0.3 is 12.1 Å². The second-order valence-corrected chi connectivity index (χ2v) is 11.5. The Morgan fingerprint density at radius 1 is 0.953 bits per heavy atom. The number of fused-ring (bicyclic) bond motifs is 2. The number of likely N-dealkylation sites (N-methyl/N-ethyl adjacent to an activating group) is 1. The quantitative estimate of drug-likeness (QED) is 0.289. The third-order valence-corrected chi connectivity index (χ3v) is 7.04. The molecule has 1 aromatic heterocycles. The number of carbonyl (C=O) groups excluding carboxylic acids is 3. The van der Waals surface area contributed by atoms with E-state index in [2.05, 4.69) is 15.3 Å². The Morgan fingerprint density at radius 2 is 1.63 bits per heavy atom. The Kier molecular flexibility index (Phi) is 8.29. The van der Waals surface area contributed by atoms with E-state index in [1.54, 1.807) is 32.7 Å². The summed E-state index contributed by atoms with van der Waals surface area (Å²) in [6.07, 6.45) is -0.604. The normalized spacial score (nSPS) is 12.5. The molecule has 0 atom stereocenters. The van der Waals surface area contributed by atoms with Crippen molar-refractivity contribution < 1.29 is 23.9 Å². The summed E-state index contributed by atoms with van der Waals surface area (Å²) >= 11 is 0. The average Bonchev–Trinajstić information content (AvgIpc) is 3.42. The van der Waals surface area contributed by atoms with Crippen LogP contribution in [0.15, 0.2) is 66.7 Å². The van der Waals surface area contributed by atoms with Crippen LogP contribution in [0.1, 0.15) is 48.0 Å². The summed E-state index contributed by atoms with van der Waals surface area (Å²) in [6, 6.07) is 21.3. The third-order valence-electron chi connectivity index (χ3n) is 7.04. The number of carbonyl (C=O) groups is 3. The van der Waals surface area contributed by atoms with Crippen molar-refractivity contribution in [3.05, 3.63) is 89.1 Å². The molecule has 5 rings (SSSR count). The van der Waals surface area contributed by atoms with Crippen LogP contribution in [0.2, 0.25) is 0 Å². The molecule has 0 fully saturated rings. The molecule has 10 nitrogen and oxygen atoms in total. The Morgan fingerprint density at radius 3 is 2.30 bits per heavy atom. The summed E-state index contributed by atoms with van der Waals surface area (Å²) in [5.74, 6) is -0.369. The summed E-state index contributed by atoms with van der Waals surface area (Å²) in [4.78, 5) is 50.7. The zero-order chi connectivity index (χ0) is 30.7. The van der Waals surface area contributed by atoms with E-state index in [1.807, 2.05) is 66.7 Å². The molecular weight excluding hydrogens is 546 g/mol. The number of anilines is 1. The lowest BCUT2D eigenvalue weighted by atomic mass is 9.98. The van der Waals surface area contributed by atoms with Gasteiger partial charge in [-0.3, -0.25) is 9.59 Å². The maximum absolute atomic E-state index is 13.8. The molecule has 1 N–H and O–H groups in total. The maximum Gasteiger partial charge on any atom is 0.410 e. The number of rotatable bonds is 7. The van der Waals surface area contributed by atoms with Gasteiger partial charge in [0.1, 0.15) is 24.4 Å². The van der Waals surface area contributed by atoms with Crippen molar-refractivity contribution in [1.82, 2.24) is 19.8 Å². The molecule has 0 bridgehead atoms. The van der Waals surface area contributed by atoms with Gasteiger partial charge in [-0.05, 0) is 60.7 Å². The fourth-order valence-corrected chi connectivity index (χ4v) is 4.93. The van der Waals surface area contributed by atoms with Gasteiger partial charge in [0, 0.05) is 32.6 Å². The molecule has 1 aliphatic rings. The van der Waals surface area contributed by atoms with Crippen molar-refractivity contribution in [1.29, 1.82) is 0 Å². The predicted molar refractivity (Wildman–Crippen MR) is 163 cm³/mol. The van der Waals surface area contributed by atoms with Gasteiger partial charge in [0.15, 0.2) is 0 Å². The summed E-state index contributed by atoms with van der Waals surface area (Å²) in [5.41, 5.74) is 4.97. The first-order valence-corrected chi connectivity index (χ1v) is 14.1. The highest BCUT2D eigenvalue weighted by Gasteiger charge is 2.27. The predicted octanol–water partition coefficient (Wildman–Crippen LogP) is 5.40. The number of nitrogens with zero attached hydrogens (tertiary/aromatic N) is 4. The number of esters is 1. The zero-order valence-electron chi connectivity index (χ0n) is 25.0. The van der Waals surface area contributed by atoms with Crippen LogP contribution in [0, 0.1) is 0 Å². The van der Waals surface area contributed by atoms with E-state index in [0.717, 1.165) is 27.8 Å². The van der Waals surface area contributed by atoms with Gasteiger partial charge in [0.25, 0.3) is 5.91 Å². The Balaban J connectivity index is 1.38. The number of ether oxygens (including phenoxy) is 2. The molecule has 0 saturated heterocycles. The molecule has 0 aliphatic carbocycles. The van der Waals surface area contributed by atoms with Gasteiger partial charge in [-0.1, -0.05) is 54.6 Å². The van der Waals surface area contributed by atoms with Crippen LogP contribution >= 0.6 is 0 Å². The first-order chi connectivity index (χ1) is 20.5. The van der Waals surface area contributed by atoms with Crippen molar-refractivity contribution in [2.75, 3.05) is 26.0 Å². The van der Waals surface area contributed by atoms with E-state index in [1.165, 1.54) is 11.9 Å². The van der Waals surface area contributed by atoms with Crippen LogP contribution in [0.3, 0.4) is 0 Å². The number of nitrogens with one attached hydrogen (secondary N) is 1. The Bertz CT molecular complexity index is 1670. The van der Waals surface area contributed by atoms with Crippen LogP contribution < -0.4 is 5.32 Å². The van der Waals surface area contributed by atoms with Gasteiger partial charge in [-0.25, -0.2) is 14.8 Å². The first kappa shape index (κ1) is 29.5. The highest BCUT2D eigenvalue weighted by Crippen LogP contribution is 2.31. The SMILES string of the molecule is CNc1nc(C(=O)N2Cc3ccccc3C2)c2cc(-c3ccccc3COC(=O)CN(C)C(=O)OC(C)(C)C)ccc2n1. The summed E-state index contributed by atoms with van der Waals surface area (Å²) in [7, 11) is 3.21. The van der Waals surface area contributed by atoms with Gasteiger partial charge in [-0.15, -0.1) is 0 Å². The highest BCUT2D eigenvalue weighted by atomic mass is 16.6. The fourth-order valence-electron chi connectivity index (χ4n) is 4.93. The van der Waals surface area contributed by atoms with Gasteiger partial charge < -0.3 is 24.6 Å². The molecule has 0 saturated carbocycles.